The molecule has 3 rings (SSSR count). The highest BCUT2D eigenvalue weighted by Gasteiger charge is 2.37. The summed E-state index contributed by atoms with van der Waals surface area (Å²) >= 11 is 6.03. The van der Waals surface area contributed by atoms with E-state index in [9.17, 15) is 0 Å². The van der Waals surface area contributed by atoms with Crippen LogP contribution in [0.5, 0.6) is 0 Å². The monoisotopic (exact) mass is 291 g/mol. The van der Waals surface area contributed by atoms with Crippen molar-refractivity contribution < 1.29 is 4.42 Å². The second-order valence-corrected chi connectivity index (χ2v) is 7.13. The van der Waals surface area contributed by atoms with Gasteiger partial charge in [0.05, 0.1) is 6.04 Å². The molecule has 0 amide bonds. The third-order valence-electron chi connectivity index (χ3n) is 4.85. The molecule has 1 aliphatic carbocycles. The van der Waals surface area contributed by atoms with Gasteiger partial charge in [0.2, 0.25) is 0 Å². The highest BCUT2D eigenvalue weighted by Crippen LogP contribution is 2.46. The smallest absolute Gasteiger partial charge is 0.134 e. The highest BCUT2D eigenvalue weighted by atomic mass is 35.5. The Balaban J connectivity index is 1.93. The van der Waals surface area contributed by atoms with E-state index in [4.69, 9.17) is 21.8 Å². The highest BCUT2D eigenvalue weighted by molar-refractivity contribution is 6.31. The molecule has 2 unspecified atom stereocenters. The van der Waals surface area contributed by atoms with Crippen LogP contribution in [0.25, 0.3) is 11.0 Å². The molecular weight excluding hydrogens is 270 g/mol. The van der Waals surface area contributed by atoms with Crippen LogP contribution in [0, 0.1) is 11.3 Å². The molecule has 1 aliphatic rings. The van der Waals surface area contributed by atoms with Gasteiger partial charge in [0.15, 0.2) is 0 Å². The number of rotatable bonds is 2. The van der Waals surface area contributed by atoms with E-state index in [0.717, 1.165) is 21.8 Å². The number of halogens is 1. The molecule has 0 bridgehead atoms. The van der Waals surface area contributed by atoms with Gasteiger partial charge in [-0.25, -0.2) is 0 Å². The first-order chi connectivity index (χ1) is 9.47. The van der Waals surface area contributed by atoms with Gasteiger partial charge in [-0.15, -0.1) is 0 Å². The van der Waals surface area contributed by atoms with Crippen molar-refractivity contribution in [3.8, 4) is 0 Å². The van der Waals surface area contributed by atoms with Crippen molar-refractivity contribution in [1.82, 2.24) is 0 Å². The van der Waals surface area contributed by atoms with E-state index in [1.807, 2.05) is 18.2 Å². The molecule has 0 radical (unpaired) electrons. The second-order valence-electron chi connectivity index (χ2n) is 6.70. The Morgan fingerprint density at radius 2 is 2.10 bits per heavy atom. The van der Waals surface area contributed by atoms with E-state index in [1.165, 1.54) is 25.7 Å². The Kier molecular flexibility index (Phi) is 3.55. The maximum atomic E-state index is 6.52. The van der Waals surface area contributed by atoms with Crippen LogP contribution >= 0.6 is 11.6 Å². The maximum Gasteiger partial charge on any atom is 0.134 e. The number of fused-ring (bicyclic) bond motifs is 1. The van der Waals surface area contributed by atoms with Gasteiger partial charge < -0.3 is 10.2 Å². The Morgan fingerprint density at radius 3 is 2.85 bits per heavy atom. The Morgan fingerprint density at radius 1 is 1.30 bits per heavy atom. The quantitative estimate of drug-likeness (QED) is 0.815. The van der Waals surface area contributed by atoms with Crippen LogP contribution in [0.2, 0.25) is 5.02 Å². The molecule has 20 heavy (non-hydrogen) atoms. The van der Waals surface area contributed by atoms with Crippen molar-refractivity contribution in [2.45, 2.75) is 45.6 Å². The second kappa shape index (κ2) is 5.09. The maximum absolute atomic E-state index is 6.52. The van der Waals surface area contributed by atoms with Gasteiger partial charge in [-0.05, 0) is 48.4 Å². The average molecular weight is 292 g/mol. The van der Waals surface area contributed by atoms with Gasteiger partial charge in [0.25, 0.3) is 0 Å². The van der Waals surface area contributed by atoms with E-state index >= 15 is 0 Å². The zero-order chi connectivity index (χ0) is 14.3. The zero-order valence-corrected chi connectivity index (χ0v) is 12.9. The summed E-state index contributed by atoms with van der Waals surface area (Å²) in [4.78, 5) is 0. The summed E-state index contributed by atoms with van der Waals surface area (Å²) < 4.78 is 5.95. The van der Waals surface area contributed by atoms with Crippen LogP contribution in [0.15, 0.2) is 28.7 Å². The predicted octanol–water partition coefficient (Wildman–Crippen LogP) is 5.30. The first-order valence-electron chi connectivity index (χ1n) is 7.42. The number of benzene rings is 1. The molecule has 1 aromatic heterocycles. The summed E-state index contributed by atoms with van der Waals surface area (Å²) in [6.45, 7) is 4.66. The molecule has 108 valence electrons. The van der Waals surface area contributed by atoms with Gasteiger partial charge in [-0.2, -0.15) is 0 Å². The van der Waals surface area contributed by atoms with Crippen LogP contribution in [-0.4, -0.2) is 0 Å². The van der Waals surface area contributed by atoms with Crippen molar-refractivity contribution in [2.24, 2.45) is 17.1 Å². The summed E-state index contributed by atoms with van der Waals surface area (Å²) in [5.41, 5.74) is 7.68. The third-order valence-corrected chi connectivity index (χ3v) is 5.08. The van der Waals surface area contributed by atoms with Gasteiger partial charge in [-0.3, -0.25) is 0 Å². The summed E-state index contributed by atoms with van der Waals surface area (Å²) in [5.74, 6) is 1.37. The molecule has 2 atom stereocenters. The van der Waals surface area contributed by atoms with E-state index < -0.39 is 0 Å². The molecule has 0 aliphatic heterocycles. The SMILES string of the molecule is CC1(C)CCCCC1C(N)c1cc2cc(Cl)ccc2o1. The lowest BCUT2D eigenvalue weighted by Crippen LogP contribution is -2.36. The molecular formula is C17H22ClNO. The number of hydrogen-bond acceptors (Lipinski definition) is 2. The summed E-state index contributed by atoms with van der Waals surface area (Å²) in [6, 6.07) is 7.73. The zero-order valence-electron chi connectivity index (χ0n) is 12.2. The van der Waals surface area contributed by atoms with E-state index in [1.54, 1.807) is 0 Å². The lowest BCUT2D eigenvalue weighted by molar-refractivity contribution is 0.105. The van der Waals surface area contributed by atoms with Crippen molar-refractivity contribution in [3.05, 3.63) is 35.0 Å². The van der Waals surface area contributed by atoms with Gasteiger partial charge in [0.1, 0.15) is 11.3 Å². The Bertz CT molecular complexity index is 616. The normalized spacial score (nSPS) is 23.9. The topological polar surface area (TPSA) is 39.2 Å². The number of furan rings is 1. The largest absolute Gasteiger partial charge is 0.459 e. The molecule has 1 saturated carbocycles. The summed E-state index contributed by atoms with van der Waals surface area (Å²) in [7, 11) is 0. The van der Waals surface area contributed by atoms with Gasteiger partial charge >= 0.3 is 0 Å². The average Bonchev–Trinajstić information content (AvgIpc) is 2.80. The lowest BCUT2D eigenvalue weighted by Gasteiger charge is -2.41. The van der Waals surface area contributed by atoms with Crippen LogP contribution in [0.3, 0.4) is 0 Å². The van der Waals surface area contributed by atoms with Crippen molar-refractivity contribution in [3.63, 3.8) is 0 Å². The number of nitrogens with two attached hydrogens (primary N) is 1. The molecule has 2 aromatic rings. The van der Waals surface area contributed by atoms with Crippen LogP contribution < -0.4 is 5.73 Å². The van der Waals surface area contributed by atoms with Crippen molar-refractivity contribution in [2.75, 3.05) is 0 Å². The molecule has 0 spiro atoms. The molecule has 1 fully saturated rings. The lowest BCUT2D eigenvalue weighted by atomic mass is 9.65. The first-order valence-corrected chi connectivity index (χ1v) is 7.80. The number of hydrogen-bond donors (Lipinski definition) is 1. The minimum atomic E-state index is -0.0310. The van der Waals surface area contributed by atoms with Crippen LogP contribution in [0.4, 0.5) is 0 Å². The summed E-state index contributed by atoms with van der Waals surface area (Å²) in [5, 5.41) is 1.77. The molecule has 2 N–H and O–H groups in total. The van der Waals surface area contributed by atoms with Crippen molar-refractivity contribution in [1.29, 1.82) is 0 Å². The minimum Gasteiger partial charge on any atom is -0.459 e. The third kappa shape index (κ3) is 2.47. The Labute approximate surface area is 125 Å². The van der Waals surface area contributed by atoms with E-state index in [2.05, 4.69) is 19.9 Å². The summed E-state index contributed by atoms with van der Waals surface area (Å²) in [6.07, 6.45) is 5.02. The van der Waals surface area contributed by atoms with Gasteiger partial charge in [0, 0.05) is 10.4 Å². The fourth-order valence-electron chi connectivity index (χ4n) is 3.58. The fraction of sp³-hybridized carbons (Fsp3) is 0.529. The van der Waals surface area contributed by atoms with Crippen LogP contribution in [-0.2, 0) is 0 Å². The molecule has 1 heterocycles. The van der Waals surface area contributed by atoms with E-state index in [0.29, 0.717) is 5.92 Å². The predicted molar refractivity (Wildman–Crippen MR) is 83.9 cm³/mol. The van der Waals surface area contributed by atoms with E-state index in [-0.39, 0.29) is 11.5 Å². The molecule has 0 saturated heterocycles. The van der Waals surface area contributed by atoms with Gasteiger partial charge in [-0.1, -0.05) is 38.3 Å². The standard InChI is InChI=1S/C17H22ClNO/c1-17(2)8-4-3-5-13(17)16(19)15-10-11-9-12(18)6-7-14(11)20-15/h6-7,9-10,13,16H,3-5,8,19H2,1-2H3. The first kappa shape index (κ1) is 14.0. The molecule has 3 heteroatoms. The van der Waals surface area contributed by atoms with Crippen molar-refractivity contribution >= 4 is 22.6 Å². The minimum absolute atomic E-state index is 0.0310. The fourth-order valence-corrected chi connectivity index (χ4v) is 3.76. The Hall–Kier alpha value is -0.990. The molecule has 2 nitrogen and oxygen atoms in total. The van der Waals surface area contributed by atoms with Crippen LogP contribution in [0.1, 0.15) is 51.3 Å². The molecule has 1 aromatic carbocycles.